The van der Waals surface area contributed by atoms with Gasteiger partial charge < -0.3 is 10.4 Å². The van der Waals surface area contributed by atoms with Crippen molar-refractivity contribution < 1.29 is 5.11 Å². The van der Waals surface area contributed by atoms with Crippen molar-refractivity contribution in [1.82, 2.24) is 20.0 Å². The molecule has 1 saturated heterocycles. The van der Waals surface area contributed by atoms with E-state index in [2.05, 4.69) is 21.5 Å². The van der Waals surface area contributed by atoms with Crippen LogP contribution in [0.3, 0.4) is 0 Å². The highest BCUT2D eigenvalue weighted by Gasteiger charge is 2.26. The van der Waals surface area contributed by atoms with Gasteiger partial charge in [0.2, 0.25) is 0 Å². The molecule has 0 aromatic carbocycles. The molecule has 1 aromatic rings. The Kier molecular flexibility index (Phi) is 4.70. The van der Waals surface area contributed by atoms with Gasteiger partial charge >= 0.3 is 0 Å². The normalized spacial score (nSPS) is 22.8. The summed E-state index contributed by atoms with van der Waals surface area (Å²) in [6, 6.07) is 0.668. The van der Waals surface area contributed by atoms with Crippen LogP contribution in [0.4, 0.5) is 0 Å². The van der Waals surface area contributed by atoms with Crippen LogP contribution in [0.2, 0.25) is 0 Å². The van der Waals surface area contributed by atoms with Crippen LogP contribution in [-0.2, 0) is 13.1 Å². The van der Waals surface area contributed by atoms with Crippen LogP contribution in [0.1, 0.15) is 31.2 Å². The van der Waals surface area contributed by atoms with Crippen LogP contribution in [-0.4, -0.2) is 52.1 Å². The third kappa shape index (κ3) is 4.04. The first-order valence-electron chi connectivity index (χ1n) is 7.91. The van der Waals surface area contributed by atoms with Gasteiger partial charge in [0.25, 0.3) is 0 Å². The monoisotopic (exact) mass is 278 g/mol. The van der Waals surface area contributed by atoms with Gasteiger partial charge in [-0.1, -0.05) is 0 Å². The second-order valence-electron chi connectivity index (χ2n) is 6.27. The lowest BCUT2D eigenvalue weighted by Gasteiger charge is -2.25. The molecule has 5 nitrogen and oxygen atoms in total. The Labute approximate surface area is 121 Å². The van der Waals surface area contributed by atoms with Gasteiger partial charge in [-0.25, -0.2) is 0 Å². The molecule has 1 aliphatic heterocycles. The van der Waals surface area contributed by atoms with Crippen LogP contribution in [0, 0.1) is 5.92 Å². The number of hydrogen-bond donors (Lipinski definition) is 2. The standard InChI is InChI=1S/C15H26N4O/c20-7-6-19-11-14(8-17-19)10-18(9-13-3-4-13)12-15-2-1-5-16-15/h8,11,13,15-16,20H,1-7,9-10,12H2. The molecule has 2 aliphatic rings. The first-order chi connectivity index (χ1) is 9.83. The largest absolute Gasteiger partial charge is 0.394 e. The van der Waals surface area contributed by atoms with E-state index in [1.807, 2.05) is 10.9 Å². The lowest BCUT2D eigenvalue weighted by atomic mass is 10.2. The maximum absolute atomic E-state index is 8.95. The van der Waals surface area contributed by atoms with Gasteiger partial charge in [0.15, 0.2) is 0 Å². The summed E-state index contributed by atoms with van der Waals surface area (Å²) in [6.07, 6.45) is 9.44. The fraction of sp³-hybridized carbons (Fsp3) is 0.800. The molecule has 1 aromatic heterocycles. The predicted octanol–water partition coefficient (Wildman–Crippen LogP) is 0.839. The average Bonchev–Trinajstić information content (AvgIpc) is 2.90. The van der Waals surface area contributed by atoms with Crippen LogP contribution in [0.5, 0.6) is 0 Å². The van der Waals surface area contributed by atoms with Crippen molar-refractivity contribution in [2.75, 3.05) is 26.2 Å². The Morgan fingerprint density at radius 1 is 1.35 bits per heavy atom. The fourth-order valence-corrected chi connectivity index (χ4v) is 3.06. The van der Waals surface area contributed by atoms with E-state index in [9.17, 15) is 0 Å². The van der Waals surface area contributed by atoms with Crippen LogP contribution < -0.4 is 5.32 Å². The molecule has 5 heteroatoms. The fourth-order valence-electron chi connectivity index (χ4n) is 3.06. The van der Waals surface area contributed by atoms with Crippen molar-refractivity contribution in [1.29, 1.82) is 0 Å². The van der Waals surface area contributed by atoms with Crippen molar-refractivity contribution >= 4 is 0 Å². The van der Waals surface area contributed by atoms with Gasteiger partial charge in [-0.2, -0.15) is 5.10 Å². The van der Waals surface area contributed by atoms with Gasteiger partial charge in [0.05, 0.1) is 19.3 Å². The summed E-state index contributed by atoms with van der Waals surface area (Å²) in [4.78, 5) is 2.58. The molecule has 0 amide bonds. The number of nitrogens with one attached hydrogen (secondary N) is 1. The number of aliphatic hydroxyl groups excluding tert-OH is 1. The molecular weight excluding hydrogens is 252 g/mol. The molecule has 112 valence electrons. The molecule has 0 radical (unpaired) electrons. The summed E-state index contributed by atoms with van der Waals surface area (Å²) in [6.45, 7) is 5.28. The first-order valence-corrected chi connectivity index (χ1v) is 7.91. The van der Waals surface area contributed by atoms with Crippen molar-refractivity contribution in [3.05, 3.63) is 18.0 Å². The zero-order chi connectivity index (χ0) is 13.8. The maximum Gasteiger partial charge on any atom is 0.0640 e. The van der Waals surface area contributed by atoms with Crippen molar-refractivity contribution in [3.8, 4) is 0 Å². The molecule has 0 spiro atoms. The highest BCUT2D eigenvalue weighted by Crippen LogP contribution is 2.30. The average molecular weight is 278 g/mol. The summed E-state index contributed by atoms with van der Waals surface area (Å²) in [5.41, 5.74) is 1.26. The highest BCUT2D eigenvalue weighted by molar-refractivity contribution is 5.04. The summed E-state index contributed by atoms with van der Waals surface area (Å²) >= 11 is 0. The minimum absolute atomic E-state index is 0.152. The summed E-state index contributed by atoms with van der Waals surface area (Å²) < 4.78 is 1.83. The second-order valence-corrected chi connectivity index (χ2v) is 6.27. The molecule has 1 unspecified atom stereocenters. The minimum Gasteiger partial charge on any atom is -0.394 e. The van der Waals surface area contributed by atoms with Crippen LogP contribution in [0.25, 0.3) is 0 Å². The van der Waals surface area contributed by atoms with Gasteiger partial charge in [-0.3, -0.25) is 9.58 Å². The molecule has 3 rings (SSSR count). The van der Waals surface area contributed by atoms with E-state index in [0.717, 1.165) is 19.0 Å². The van der Waals surface area contributed by atoms with E-state index >= 15 is 0 Å². The van der Waals surface area contributed by atoms with Gasteiger partial charge in [0, 0.05) is 37.4 Å². The predicted molar refractivity (Wildman–Crippen MR) is 78.3 cm³/mol. The Bertz CT molecular complexity index is 410. The van der Waals surface area contributed by atoms with E-state index in [1.54, 1.807) is 0 Å². The lowest BCUT2D eigenvalue weighted by molar-refractivity contribution is 0.231. The quantitative estimate of drug-likeness (QED) is 0.740. The SMILES string of the molecule is OCCn1cc(CN(CC2CC2)CC2CCCN2)cn1. The van der Waals surface area contributed by atoms with Gasteiger partial charge in [-0.05, 0) is 38.1 Å². The number of hydrogen-bond acceptors (Lipinski definition) is 4. The van der Waals surface area contributed by atoms with E-state index in [1.165, 1.54) is 44.3 Å². The maximum atomic E-state index is 8.95. The number of aliphatic hydroxyl groups is 1. The molecule has 1 atom stereocenters. The van der Waals surface area contributed by atoms with Crippen LogP contribution >= 0.6 is 0 Å². The summed E-state index contributed by atoms with van der Waals surface area (Å²) in [5, 5.41) is 16.8. The summed E-state index contributed by atoms with van der Waals surface area (Å²) in [5.74, 6) is 0.920. The van der Waals surface area contributed by atoms with E-state index in [0.29, 0.717) is 12.6 Å². The Morgan fingerprint density at radius 2 is 2.25 bits per heavy atom. The third-order valence-corrected chi connectivity index (χ3v) is 4.28. The molecule has 0 bridgehead atoms. The minimum atomic E-state index is 0.152. The molecule has 1 saturated carbocycles. The number of nitrogens with zero attached hydrogens (tertiary/aromatic N) is 3. The van der Waals surface area contributed by atoms with Crippen molar-refractivity contribution in [3.63, 3.8) is 0 Å². The zero-order valence-electron chi connectivity index (χ0n) is 12.2. The zero-order valence-corrected chi connectivity index (χ0v) is 12.2. The Morgan fingerprint density at radius 3 is 2.95 bits per heavy atom. The smallest absolute Gasteiger partial charge is 0.0640 e. The topological polar surface area (TPSA) is 53.3 Å². The second kappa shape index (κ2) is 6.70. The molecule has 1 aliphatic carbocycles. The first kappa shape index (κ1) is 14.0. The van der Waals surface area contributed by atoms with E-state index in [4.69, 9.17) is 5.11 Å². The van der Waals surface area contributed by atoms with Crippen molar-refractivity contribution in [2.24, 2.45) is 5.92 Å². The molecule has 2 fully saturated rings. The van der Waals surface area contributed by atoms with Gasteiger partial charge in [-0.15, -0.1) is 0 Å². The number of aromatic nitrogens is 2. The highest BCUT2D eigenvalue weighted by atomic mass is 16.3. The molecular formula is C15H26N4O. The Hall–Kier alpha value is -0.910. The summed E-state index contributed by atoms with van der Waals surface area (Å²) in [7, 11) is 0. The van der Waals surface area contributed by atoms with Gasteiger partial charge in [0.1, 0.15) is 0 Å². The van der Waals surface area contributed by atoms with E-state index < -0.39 is 0 Å². The van der Waals surface area contributed by atoms with Crippen LogP contribution in [0.15, 0.2) is 12.4 Å². The molecule has 2 heterocycles. The lowest BCUT2D eigenvalue weighted by Crippen LogP contribution is -2.38. The van der Waals surface area contributed by atoms with Crippen molar-refractivity contribution in [2.45, 2.75) is 44.8 Å². The Balaban J connectivity index is 1.55. The molecule has 2 N–H and O–H groups in total. The van der Waals surface area contributed by atoms with E-state index in [-0.39, 0.29) is 6.61 Å². The number of rotatable bonds is 8. The molecule has 20 heavy (non-hydrogen) atoms. The third-order valence-electron chi connectivity index (χ3n) is 4.28.